The highest BCUT2D eigenvalue weighted by Crippen LogP contribution is 2.14. The largest absolute Gasteiger partial charge is 0.492 e. The van der Waals surface area contributed by atoms with Crippen LogP contribution < -0.4 is 10.1 Å². The molecule has 3 rings (SSSR count). The highest BCUT2D eigenvalue weighted by Gasteiger charge is 2.28. The number of hydrogen-bond donors (Lipinski definition) is 1. The molecule has 9 heteroatoms. The van der Waals surface area contributed by atoms with Gasteiger partial charge in [0, 0.05) is 32.2 Å². The fraction of sp³-hybridized carbons (Fsp3) is 0.350. The molecule has 29 heavy (non-hydrogen) atoms. The minimum Gasteiger partial charge on any atom is -0.492 e. The van der Waals surface area contributed by atoms with Gasteiger partial charge in [-0.1, -0.05) is 36.4 Å². The first-order valence-corrected chi connectivity index (χ1v) is 11.0. The Bertz CT molecular complexity index is 916. The summed E-state index contributed by atoms with van der Waals surface area (Å²) in [7, 11) is -3.42. The predicted molar refractivity (Wildman–Crippen MR) is 108 cm³/mol. The first kappa shape index (κ1) is 21.1. The summed E-state index contributed by atoms with van der Waals surface area (Å²) in [5.41, 5.74) is 0.742. The third kappa shape index (κ3) is 6.16. The number of sulfonamides is 1. The summed E-state index contributed by atoms with van der Waals surface area (Å²) in [5.74, 6) is -0.0274. The van der Waals surface area contributed by atoms with E-state index in [9.17, 15) is 17.6 Å². The number of amides is 2. The van der Waals surface area contributed by atoms with Crippen molar-refractivity contribution in [2.24, 2.45) is 0 Å². The molecule has 7 nitrogen and oxygen atoms in total. The average molecular weight is 421 g/mol. The van der Waals surface area contributed by atoms with E-state index in [0.717, 1.165) is 5.56 Å². The molecule has 2 amide bonds. The molecule has 0 atom stereocenters. The number of benzene rings is 2. The van der Waals surface area contributed by atoms with Crippen LogP contribution in [-0.4, -0.2) is 63.0 Å². The number of carbonyl (C=O) groups is 1. The van der Waals surface area contributed by atoms with Gasteiger partial charge in [0.05, 0.1) is 12.3 Å². The first-order valence-electron chi connectivity index (χ1n) is 9.37. The van der Waals surface area contributed by atoms with Gasteiger partial charge in [0.25, 0.3) is 0 Å². The second-order valence-electron chi connectivity index (χ2n) is 6.67. The molecule has 0 spiro atoms. The van der Waals surface area contributed by atoms with Crippen LogP contribution in [0.5, 0.6) is 5.75 Å². The normalized spacial score (nSPS) is 15.1. The zero-order valence-electron chi connectivity index (χ0n) is 16.0. The fourth-order valence-corrected chi connectivity index (χ4v) is 4.56. The maximum Gasteiger partial charge on any atom is 0.317 e. The topological polar surface area (TPSA) is 79.0 Å². The van der Waals surface area contributed by atoms with E-state index in [4.69, 9.17) is 4.74 Å². The van der Waals surface area contributed by atoms with E-state index >= 15 is 0 Å². The highest BCUT2D eigenvalue weighted by molar-refractivity contribution is 7.88. The van der Waals surface area contributed by atoms with Crippen LogP contribution >= 0.6 is 0 Å². The Morgan fingerprint density at radius 2 is 1.76 bits per heavy atom. The number of piperazine rings is 1. The average Bonchev–Trinajstić information content (AvgIpc) is 2.72. The van der Waals surface area contributed by atoms with Crippen LogP contribution in [0, 0.1) is 5.82 Å². The van der Waals surface area contributed by atoms with Gasteiger partial charge < -0.3 is 15.0 Å². The van der Waals surface area contributed by atoms with Crippen molar-refractivity contribution in [2.75, 3.05) is 39.3 Å². The third-order valence-electron chi connectivity index (χ3n) is 4.55. The number of nitrogens with zero attached hydrogens (tertiary/aromatic N) is 2. The van der Waals surface area contributed by atoms with Crippen molar-refractivity contribution in [3.05, 3.63) is 66.0 Å². The Balaban J connectivity index is 1.40. The van der Waals surface area contributed by atoms with Crippen LogP contribution in [0.15, 0.2) is 54.6 Å². The molecule has 1 saturated heterocycles. The van der Waals surface area contributed by atoms with Gasteiger partial charge in [0.2, 0.25) is 10.0 Å². The molecule has 0 aliphatic carbocycles. The van der Waals surface area contributed by atoms with Crippen LogP contribution in [-0.2, 0) is 15.8 Å². The molecular weight excluding hydrogens is 397 g/mol. The molecule has 2 aromatic rings. The molecule has 0 aromatic heterocycles. The van der Waals surface area contributed by atoms with E-state index in [0.29, 0.717) is 18.8 Å². The molecule has 2 aromatic carbocycles. The molecule has 1 aliphatic heterocycles. The highest BCUT2D eigenvalue weighted by atomic mass is 32.2. The van der Waals surface area contributed by atoms with E-state index in [1.165, 1.54) is 16.4 Å². The van der Waals surface area contributed by atoms with Crippen LogP contribution in [0.4, 0.5) is 9.18 Å². The number of nitrogens with one attached hydrogen (secondary N) is 1. The van der Waals surface area contributed by atoms with Gasteiger partial charge in [0.1, 0.15) is 18.2 Å². The van der Waals surface area contributed by atoms with Crippen molar-refractivity contribution < 1.29 is 22.3 Å². The zero-order chi connectivity index (χ0) is 20.7. The molecule has 1 N–H and O–H groups in total. The van der Waals surface area contributed by atoms with Crippen molar-refractivity contribution in [2.45, 2.75) is 5.75 Å². The zero-order valence-corrected chi connectivity index (χ0v) is 16.8. The number of hydrogen-bond acceptors (Lipinski definition) is 4. The minimum absolute atomic E-state index is 0.0442. The lowest BCUT2D eigenvalue weighted by molar-refractivity contribution is 0.170. The lowest BCUT2D eigenvalue weighted by Gasteiger charge is -2.34. The Morgan fingerprint density at radius 1 is 1.03 bits per heavy atom. The molecule has 0 radical (unpaired) electrons. The van der Waals surface area contributed by atoms with Gasteiger partial charge in [-0.3, -0.25) is 0 Å². The molecule has 0 unspecified atom stereocenters. The summed E-state index contributed by atoms with van der Waals surface area (Å²) in [5, 5.41) is 2.73. The first-order chi connectivity index (χ1) is 13.9. The second-order valence-corrected chi connectivity index (χ2v) is 8.63. The molecule has 0 bridgehead atoms. The molecule has 0 saturated carbocycles. The Labute approximate surface area is 170 Å². The van der Waals surface area contributed by atoms with Crippen molar-refractivity contribution in [3.8, 4) is 5.75 Å². The van der Waals surface area contributed by atoms with Gasteiger partial charge in [-0.15, -0.1) is 0 Å². The van der Waals surface area contributed by atoms with Crippen LogP contribution in [0.25, 0.3) is 0 Å². The van der Waals surface area contributed by atoms with Gasteiger partial charge in [-0.05, 0) is 17.7 Å². The Hall–Kier alpha value is -2.65. The van der Waals surface area contributed by atoms with Crippen LogP contribution in [0.1, 0.15) is 5.56 Å². The molecular formula is C20H24FN3O4S. The van der Waals surface area contributed by atoms with Crippen LogP contribution in [0.3, 0.4) is 0 Å². The summed E-state index contributed by atoms with van der Waals surface area (Å²) in [6, 6.07) is 14.6. The number of carbonyl (C=O) groups excluding carboxylic acids is 1. The van der Waals surface area contributed by atoms with Gasteiger partial charge in [0.15, 0.2) is 0 Å². The smallest absolute Gasteiger partial charge is 0.317 e. The summed E-state index contributed by atoms with van der Waals surface area (Å²) in [6.07, 6.45) is 0. The lowest BCUT2D eigenvalue weighted by Crippen LogP contribution is -2.53. The van der Waals surface area contributed by atoms with E-state index in [1.807, 2.05) is 18.2 Å². The summed E-state index contributed by atoms with van der Waals surface area (Å²) >= 11 is 0. The van der Waals surface area contributed by atoms with Crippen LogP contribution in [0.2, 0.25) is 0 Å². The standard InChI is InChI=1S/C20H24FN3O4S/c21-18-7-4-8-19(15-18)28-14-9-22-20(25)23-10-12-24(13-11-23)29(26,27)16-17-5-2-1-3-6-17/h1-8,15H,9-14,16H2,(H,22,25). The van der Waals surface area contributed by atoms with E-state index in [1.54, 1.807) is 29.2 Å². The Kier molecular flexibility index (Phi) is 7.05. The SMILES string of the molecule is O=C(NCCOc1cccc(F)c1)N1CCN(S(=O)(=O)Cc2ccccc2)CC1. The number of halogens is 1. The van der Waals surface area contributed by atoms with Crippen molar-refractivity contribution in [1.82, 2.24) is 14.5 Å². The summed E-state index contributed by atoms with van der Waals surface area (Å²) in [6.45, 7) is 1.66. The third-order valence-corrected chi connectivity index (χ3v) is 6.40. The van der Waals surface area contributed by atoms with Gasteiger partial charge in [-0.2, -0.15) is 4.31 Å². The van der Waals surface area contributed by atoms with Crippen molar-refractivity contribution in [3.63, 3.8) is 0 Å². The second kappa shape index (κ2) is 9.71. The fourth-order valence-electron chi connectivity index (χ4n) is 3.04. The molecule has 1 fully saturated rings. The quantitative estimate of drug-likeness (QED) is 0.694. The number of urea groups is 1. The lowest BCUT2D eigenvalue weighted by atomic mass is 10.2. The minimum atomic E-state index is -3.42. The monoisotopic (exact) mass is 421 g/mol. The Morgan fingerprint density at radius 3 is 2.45 bits per heavy atom. The molecule has 156 valence electrons. The number of rotatable bonds is 7. The van der Waals surface area contributed by atoms with E-state index in [2.05, 4.69) is 5.32 Å². The van der Waals surface area contributed by atoms with Gasteiger partial charge >= 0.3 is 6.03 Å². The summed E-state index contributed by atoms with van der Waals surface area (Å²) < 4.78 is 45.0. The van der Waals surface area contributed by atoms with E-state index < -0.39 is 10.0 Å². The van der Waals surface area contributed by atoms with Crippen molar-refractivity contribution >= 4 is 16.1 Å². The van der Waals surface area contributed by atoms with Crippen molar-refractivity contribution in [1.29, 1.82) is 0 Å². The maximum absolute atomic E-state index is 13.1. The molecule has 1 aliphatic rings. The predicted octanol–water partition coefficient (Wildman–Crippen LogP) is 2.06. The van der Waals surface area contributed by atoms with E-state index in [-0.39, 0.29) is 43.8 Å². The molecule has 1 heterocycles. The van der Waals surface area contributed by atoms with Gasteiger partial charge in [-0.25, -0.2) is 17.6 Å². The maximum atomic E-state index is 13.1. The number of ether oxygens (including phenoxy) is 1. The summed E-state index contributed by atoms with van der Waals surface area (Å²) in [4.78, 5) is 13.8.